The van der Waals surface area contributed by atoms with Gasteiger partial charge in [0.2, 0.25) is 0 Å². The molecule has 0 saturated carbocycles. The van der Waals surface area contributed by atoms with E-state index in [-0.39, 0.29) is 19.0 Å². The maximum absolute atomic E-state index is 13.3. The second-order valence-electron chi connectivity index (χ2n) is 4.40. The van der Waals surface area contributed by atoms with Gasteiger partial charge in [0.15, 0.2) is 0 Å². The number of aliphatic hydroxyl groups excluding tert-OH is 1. The fraction of sp³-hybridized carbons (Fsp3) is 0.538. The molecule has 0 spiro atoms. The number of ether oxygens (including phenoxy) is 2. The number of hydrogen-bond acceptors (Lipinski definition) is 4. The first-order valence-electron chi connectivity index (χ1n) is 6.06. The van der Waals surface area contributed by atoms with Crippen molar-refractivity contribution in [3.05, 3.63) is 35.6 Å². The van der Waals surface area contributed by atoms with E-state index in [1.54, 1.807) is 18.2 Å². The van der Waals surface area contributed by atoms with Gasteiger partial charge in [-0.25, -0.2) is 4.39 Å². The van der Waals surface area contributed by atoms with Gasteiger partial charge in [0.25, 0.3) is 0 Å². The maximum Gasteiger partial charge on any atom is 0.128 e. The molecule has 1 atom stereocenters. The lowest BCUT2D eigenvalue weighted by Gasteiger charge is -2.27. The Kier molecular flexibility index (Phi) is 5.07. The lowest BCUT2D eigenvalue weighted by molar-refractivity contribution is -0.0184. The molecule has 1 saturated heterocycles. The fourth-order valence-electron chi connectivity index (χ4n) is 1.64. The van der Waals surface area contributed by atoms with E-state index in [0.717, 1.165) is 0 Å². The molecule has 4 nitrogen and oxygen atoms in total. The smallest absolute Gasteiger partial charge is 0.128 e. The van der Waals surface area contributed by atoms with E-state index in [0.29, 0.717) is 31.4 Å². The molecular weight excluding hydrogens is 237 g/mol. The first kappa shape index (κ1) is 13.4. The number of aliphatic hydroxyl groups is 1. The molecule has 0 radical (unpaired) electrons. The van der Waals surface area contributed by atoms with E-state index < -0.39 is 6.10 Å². The van der Waals surface area contributed by atoms with Crippen LogP contribution in [0.15, 0.2) is 24.3 Å². The lowest BCUT2D eigenvalue weighted by Crippen LogP contribution is -2.48. The maximum atomic E-state index is 13.3. The van der Waals surface area contributed by atoms with Gasteiger partial charge in [-0.3, -0.25) is 0 Å². The van der Waals surface area contributed by atoms with Gasteiger partial charge >= 0.3 is 0 Å². The molecule has 1 aliphatic heterocycles. The van der Waals surface area contributed by atoms with E-state index >= 15 is 0 Å². The first-order valence-corrected chi connectivity index (χ1v) is 6.06. The average Bonchev–Trinajstić information content (AvgIpc) is 2.30. The molecule has 2 rings (SSSR count). The van der Waals surface area contributed by atoms with Crippen LogP contribution in [0.25, 0.3) is 0 Å². The van der Waals surface area contributed by atoms with E-state index in [1.165, 1.54) is 6.07 Å². The Hall–Kier alpha value is -1.01. The molecule has 100 valence electrons. The highest BCUT2D eigenvalue weighted by Crippen LogP contribution is 2.07. The van der Waals surface area contributed by atoms with Crippen LogP contribution >= 0.6 is 0 Å². The minimum absolute atomic E-state index is 0.177. The molecular formula is C13H18FNO3. The summed E-state index contributed by atoms with van der Waals surface area (Å²) in [6, 6.07) is 6.80. The summed E-state index contributed by atoms with van der Waals surface area (Å²) in [5, 5.41) is 12.8. The first-order chi connectivity index (χ1) is 8.75. The highest BCUT2D eigenvalue weighted by molar-refractivity contribution is 5.16. The van der Waals surface area contributed by atoms with Crippen molar-refractivity contribution >= 4 is 0 Å². The largest absolute Gasteiger partial charge is 0.389 e. The van der Waals surface area contributed by atoms with Gasteiger partial charge in [0, 0.05) is 12.1 Å². The van der Waals surface area contributed by atoms with Crippen molar-refractivity contribution in [2.45, 2.75) is 18.8 Å². The molecule has 5 heteroatoms. The Bertz CT molecular complexity index is 371. The van der Waals surface area contributed by atoms with Gasteiger partial charge in [0.1, 0.15) is 5.82 Å². The summed E-state index contributed by atoms with van der Waals surface area (Å²) in [6.07, 6.45) is -0.586. The van der Waals surface area contributed by atoms with Crippen LogP contribution in [-0.2, 0) is 16.1 Å². The van der Waals surface area contributed by atoms with Crippen LogP contribution in [-0.4, -0.2) is 43.6 Å². The van der Waals surface area contributed by atoms with Crippen LogP contribution in [0.5, 0.6) is 0 Å². The standard InChI is InChI=1S/C13H18FNO3/c14-13-4-2-1-3-10(13)6-17-9-12(16)5-15-11-7-18-8-11/h1-4,11-12,15-16H,5-9H2. The fourth-order valence-corrected chi connectivity index (χ4v) is 1.64. The third kappa shape index (κ3) is 4.03. The number of hydrogen-bond donors (Lipinski definition) is 2. The SMILES string of the molecule is OC(CNC1COC1)COCc1ccccc1F. The van der Waals surface area contributed by atoms with Crippen LogP contribution in [0.4, 0.5) is 4.39 Å². The topological polar surface area (TPSA) is 50.7 Å². The van der Waals surface area contributed by atoms with Gasteiger partial charge in [-0.1, -0.05) is 18.2 Å². The Labute approximate surface area is 106 Å². The third-order valence-corrected chi connectivity index (χ3v) is 2.81. The molecule has 1 aromatic rings. The summed E-state index contributed by atoms with van der Waals surface area (Å²) in [5.41, 5.74) is 0.505. The zero-order valence-electron chi connectivity index (χ0n) is 10.1. The number of benzene rings is 1. The molecule has 0 amide bonds. The van der Waals surface area contributed by atoms with Crippen LogP contribution < -0.4 is 5.32 Å². The van der Waals surface area contributed by atoms with Gasteiger partial charge in [-0.2, -0.15) is 0 Å². The Morgan fingerprint density at radius 1 is 1.44 bits per heavy atom. The zero-order valence-corrected chi connectivity index (χ0v) is 10.1. The van der Waals surface area contributed by atoms with E-state index in [9.17, 15) is 9.50 Å². The highest BCUT2D eigenvalue weighted by atomic mass is 19.1. The Morgan fingerprint density at radius 3 is 2.89 bits per heavy atom. The normalized spacial score (nSPS) is 17.4. The molecule has 1 fully saturated rings. The van der Waals surface area contributed by atoms with Crippen LogP contribution in [0.2, 0.25) is 0 Å². The number of rotatable bonds is 7. The van der Waals surface area contributed by atoms with Gasteiger partial charge in [0.05, 0.1) is 38.6 Å². The van der Waals surface area contributed by atoms with Crippen molar-refractivity contribution in [2.75, 3.05) is 26.4 Å². The average molecular weight is 255 g/mol. The van der Waals surface area contributed by atoms with Crippen LogP contribution in [0.3, 0.4) is 0 Å². The second-order valence-corrected chi connectivity index (χ2v) is 4.40. The summed E-state index contributed by atoms with van der Waals surface area (Å²) in [7, 11) is 0. The predicted molar refractivity (Wildman–Crippen MR) is 64.7 cm³/mol. The minimum atomic E-state index is -0.586. The van der Waals surface area contributed by atoms with Crippen molar-refractivity contribution in [3.63, 3.8) is 0 Å². The Balaban J connectivity index is 1.60. The molecule has 18 heavy (non-hydrogen) atoms. The lowest BCUT2D eigenvalue weighted by atomic mass is 10.2. The Morgan fingerprint density at radius 2 is 2.22 bits per heavy atom. The molecule has 1 aromatic carbocycles. The van der Waals surface area contributed by atoms with Crippen molar-refractivity contribution in [1.82, 2.24) is 5.32 Å². The van der Waals surface area contributed by atoms with Gasteiger partial charge in [-0.15, -0.1) is 0 Å². The zero-order chi connectivity index (χ0) is 12.8. The summed E-state index contributed by atoms with van der Waals surface area (Å²) >= 11 is 0. The molecule has 1 aliphatic rings. The summed E-state index contributed by atoms with van der Waals surface area (Å²) in [6.45, 7) is 2.22. The van der Waals surface area contributed by atoms with Crippen molar-refractivity contribution in [2.24, 2.45) is 0 Å². The number of halogens is 1. The second kappa shape index (κ2) is 6.80. The molecule has 2 N–H and O–H groups in total. The highest BCUT2D eigenvalue weighted by Gasteiger charge is 2.18. The predicted octanol–water partition coefficient (Wildman–Crippen LogP) is 0.692. The third-order valence-electron chi connectivity index (χ3n) is 2.81. The van der Waals surface area contributed by atoms with E-state index in [1.807, 2.05) is 0 Å². The minimum Gasteiger partial charge on any atom is -0.389 e. The molecule has 0 bridgehead atoms. The summed E-state index contributed by atoms with van der Waals surface area (Å²) in [5.74, 6) is -0.281. The number of nitrogens with one attached hydrogen (secondary N) is 1. The quantitative estimate of drug-likeness (QED) is 0.752. The molecule has 1 unspecified atom stereocenters. The van der Waals surface area contributed by atoms with Crippen LogP contribution in [0, 0.1) is 5.82 Å². The van der Waals surface area contributed by atoms with Gasteiger partial charge < -0.3 is 19.9 Å². The molecule has 0 aliphatic carbocycles. The van der Waals surface area contributed by atoms with Crippen LogP contribution in [0.1, 0.15) is 5.56 Å². The van der Waals surface area contributed by atoms with Crippen molar-refractivity contribution in [1.29, 1.82) is 0 Å². The monoisotopic (exact) mass is 255 g/mol. The van der Waals surface area contributed by atoms with Crippen molar-refractivity contribution < 1.29 is 19.0 Å². The summed E-state index contributed by atoms with van der Waals surface area (Å²) in [4.78, 5) is 0. The summed E-state index contributed by atoms with van der Waals surface area (Å²) < 4.78 is 23.5. The van der Waals surface area contributed by atoms with E-state index in [2.05, 4.69) is 5.32 Å². The van der Waals surface area contributed by atoms with Crippen molar-refractivity contribution in [3.8, 4) is 0 Å². The molecule has 0 aromatic heterocycles. The van der Waals surface area contributed by atoms with Gasteiger partial charge in [-0.05, 0) is 6.07 Å². The van der Waals surface area contributed by atoms with E-state index in [4.69, 9.17) is 9.47 Å². The molecule has 1 heterocycles.